The SMILES string of the molecule is COc1ccc(CSc2ncn3ccc(Cl)c(F)c23)cc1.O=S(=O)(Cl)c1ncn2ccc(Cl)c(F)c12. The third-order valence-electron chi connectivity index (χ3n) is 4.88. The van der Waals surface area contributed by atoms with Crippen LogP contribution in [-0.4, -0.2) is 34.3 Å². The molecular formula is C22H15Cl3F2N4O3S2. The van der Waals surface area contributed by atoms with Crippen LogP contribution in [0.3, 0.4) is 0 Å². The number of rotatable bonds is 5. The summed E-state index contributed by atoms with van der Waals surface area (Å²) in [4.78, 5) is 7.76. The third-order valence-corrected chi connectivity index (χ3v) is 7.72. The lowest BCUT2D eigenvalue weighted by Crippen LogP contribution is -1.95. The fourth-order valence-corrected chi connectivity index (χ4v) is 5.33. The molecular weight excluding hydrogens is 577 g/mol. The summed E-state index contributed by atoms with van der Waals surface area (Å²) in [5, 5.41) is 0.00819. The van der Waals surface area contributed by atoms with Crippen LogP contribution < -0.4 is 4.74 Å². The Labute approximate surface area is 223 Å². The van der Waals surface area contributed by atoms with Gasteiger partial charge in [0.25, 0.3) is 9.05 Å². The molecule has 36 heavy (non-hydrogen) atoms. The summed E-state index contributed by atoms with van der Waals surface area (Å²) in [5.41, 5.74) is 1.28. The maximum absolute atomic E-state index is 14.1. The molecule has 1 aromatic carbocycles. The topological polar surface area (TPSA) is 78.0 Å². The van der Waals surface area contributed by atoms with Gasteiger partial charge in [-0.15, -0.1) is 0 Å². The van der Waals surface area contributed by atoms with E-state index in [2.05, 4.69) is 9.97 Å². The smallest absolute Gasteiger partial charge is 0.280 e. The van der Waals surface area contributed by atoms with Crippen LogP contribution >= 0.6 is 45.6 Å². The van der Waals surface area contributed by atoms with Gasteiger partial charge in [0.15, 0.2) is 16.7 Å². The highest BCUT2D eigenvalue weighted by Gasteiger charge is 2.21. The molecule has 0 aliphatic carbocycles. The van der Waals surface area contributed by atoms with E-state index in [1.165, 1.54) is 34.5 Å². The first kappa shape index (κ1) is 26.5. The third kappa shape index (κ3) is 5.55. The summed E-state index contributed by atoms with van der Waals surface area (Å²) in [7, 11) is 2.64. The second kappa shape index (κ2) is 10.8. The Kier molecular flexibility index (Phi) is 7.96. The van der Waals surface area contributed by atoms with Crippen molar-refractivity contribution in [2.24, 2.45) is 0 Å². The van der Waals surface area contributed by atoms with Gasteiger partial charge in [0.1, 0.15) is 34.5 Å². The maximum atomic E-state index is 14.1. The van der Waals surface area contributed by atoms with Gasteiger partial charge < -0.3 is 13.5 Å². The van der Waals surface area contributed by atoms with Crippen LogP contribution in [0.5, 0.6) is 5.75 Å². The molecule has 0 saturated heterocycles. The van der Waals surface area contributed by atoms with Crippen LogP contribution in [0, 0.1) is 11.6 Å². The maximum Gasteiger partial charge on any atom is 0.280 e. The molecule has 0 aliphatic rings. The van der Waals surface area contributed by atoms with Crippen LogP contribution in [0.15, 0.2) is 71.5 Å². The first-order valence-corrected chi connectivity index (χ1v) is 14.0. The van der Waals surface area contributed by atoms with Crippen molar-refractivity contribution in [2.45, 2.75) is 15.8 Å². The number of ether oxygens (including phenoxy) is 1. The van der Waals surface area contributed by atoms with Crippen molar-refractivity contribution in [3.8, 4) is 5.75 Å². The van der Waals surface area contributed by atoms with Crippen LogP contribution in [0.1, 0.15) is 5.56 Å². The number of halogens is 5. The average Bonchev–Trinajstić information content (AvgIpc) is 3.48. The number of hydrogen-bond acceptors (Lipinski definition) is 6. The molecule has 0 unspecified atom stereocenters. The van der Waals surface area contributed by atoms with E-state index in [9.17, 15) is 17.2 Å². The predicted octanol–water partition coefficient (Wildman–Crippen LogP) is 6.48. The Morgan fingerprint density at radius 2 is 1.47 bits per heavy atom. The largest absolute Gasteiger partial charge is 0.497 e. The molecule has 5 aromatic rings. The van der Waals surface area contributed by atoms with Crippen molar-refractivity contribution in [3.05, 3.63) is 88.7 Å². The molecule has 14 heteroatoms. The Balaban J connectivity index is 0.000000179. The lowest BCUT2D eigenvalue weighted by atomic mass is 10.2. The number of benzene rings is 1. The molecule has 0 bridgehead atoms. The zero-order valence-corrected chi connectivity index (χ0v) is 22.1. The van der Waals surface area contributed by atoms with E-state index in [-0.39, 0.29) is 15.6 Å². The van der Waals surface area contributed by atoms with E-state index < -0.39 is 25.7 Å². The lowest BCUT2D eigenvalue weighted by Gasteiger charge is -2.04. The normalized spacial score (nSPS) is 11.5. The highest BCUT2D eigenvalue weighted by atomic mass is 35.7. The van der Waals surface area contributed by atoms with E-state index in [0.717, 1.165) is 17.6 Å². The second-order valence-corrected chi connectivity index (χ2v) is 11.4. The van der Waals surface area contributed by atoms with Gasteiger partial charge in [-0.1, -0.05) is 47.1 Å². The molecule has 0 radical (unpaired) electrons. The van der Waals surface area contributed by atoms with Gasteiger partial charge in [-0.2, -0.15) is 0 Å². The first-order valence-electron chi connectivity index (χ1n) is 9.92. The average molecular weight is 592 g/mol. The summed E-state index contributed by atoms with van der Waals surface area (Å²) < 4.78 is 57.6. The van der Waals surface area contributed by atoms with Gasteiger partial charge in [0.2, 0.25) is 0 Å². The summed E-state index contributed by atoms with van der Waals surface area (Å²) in [6.07, 6.45) is 5.82. The number of pyridine rings is 2. The molecule has 0 spiro atoms. The van der Waals surface area contributed by atoms with Crippen molar-refractivity contribution in [3.63, 3.8) is 0 Å². The summed E-state index contributed by atoms with van der Waals surface area (Å²) in [5.74, 6) is 0.210. The monoisotopic (exact) mass is 590 g/mol. The molecule has 0 aliphatic heterocycles. The number of imidazole rings is 2. The molecule has 5 rings (SSSR count). The molecule has 7 nitrogen and oxygen atoms in total. The van der Waals surface area contributed by atoms with Gasteiger partial charge in [-0.3, -0.25) is 0 Å². The van der Waals surface area contributed by atoms with E-state index in [1.54, 1.807) is 24.0 Å². The minimum Gasteiger partial charge on any atom is -0.497 e. The molecule has 0 N–H and O–H groups in total. The van der Waals surface area contributed by atoms with Crippen LogP contribution in [0.4, 0.5) is 8.78 Å². The van der Waals surface area contributed by atoms with Crippen molar-refractivity contribution in [1.29, 1.82) is 0 Å². The summed E-state index contributed by atoms with van der Waals surface area (Å²) >= 11 is 12.8. The van der Waals surface area contributed by atoms with Crippen molar-refractivity contribution in [2.75, 3.05) is 7.11 Å². The minimum atomic E-state index is -4.08. The molecule has 188 valence electrons. The first-order chi connectivity index (χ1) is 17.1. The number of aromatic nitrogens is 4. The van der Waals surface area contributed by atoms with Gasteiger partial charge in [0.05, 0.1) is 17.2 Å². The minimum absolute atomic E-state index is 0.106. The van der Waals surface area contributed by atoms with Gasteiger partial charge in [0, 0.05) is 28.8 Å². The lowest BCUT2D eigenvalue weighted by molar-refractivity contribution is 0.414. The zero-order valence-electron chi connectivity index (χ0n) is 18.2. The van der Waals surface area contributed by atoms with Crippen molar-refractivity contribution in [1.82, 2.24) is 18.8 Å². The Hall–Kier alpha value is -2.57. The predicted molar refractivity (Wildman–Crippen MR) is 136 cm³/mol. The number of hydrogen-bond donors (Lipinski definition) is 0. The highest BCUT2D eigenvalue weighted by Crippen LogP contribution is 2.30. The highest BCUT2D eigenvalue weighted by molar-refractivity contribution is 8.13. The summed E-state index contributed by atoms with van der Waals surface area (Å²) in [6.45, 7) is 0. The van der Waals surface area contributed by atoms with Gasteiger partial charge >= 0.3 is 0 Å². The Morgan fingerprint density at radius 1 is 0.917 bits per heavy atom. The fraction of sp³-hybridized carbons (Fsp3) is 0.0909. The second-order valence-electron chi connectivity index (χ2n) is 7.14. The molecule has 0 fully saturated rings. The molecule has 0 atom stereocenters. The molecule has 0 amide bonds. The molecule has 0 saturated carbocycles. The van der Waals surface area contributed by atoms with Crippen molar-refractivity contribution < 1.29 is 21.9 Å². The number of nitrogens with zero attached hydrogens (tertiary/aromatic N) is 4. The summed E-state index contributed by atoms with van der Waals surface area (Å²) in [6, 6.07) is 10.6. The van der Waals surface area contributed by atoms with Crippen LogP contribution in [0.25, 0.3) is 11.0 Å². The zero-order chi connectivity index (χ0) is 26.0. The van der Waals surface area contributed by atoms with E-state index in [0.29, 0.717) is 16.3 Å². The standard InChI is InChI=1S/C15H12ClFN2OS.C7H3Cl2FN2O2S/c1-20-11-4-2-10(3-5-11)8-21-15-14-13(17)12(16)6-7-19(14)9-18-15;8-4-1-2-12-3-11-7(15(9,13)14)6(12)5(4)10/h2-7,9H,8H2,1H3;1-3H. The van der Waals surface area contributed by atoms with E-state index in [1.807, 2.05) is 24.3 Å². The van der Waals surface area contributed by atoms with E-state index in [4.69, 9.17) is 38.6 Å². The van der Waals surface area contributed by atoms with Crippen molar-refractivity contribution >= 4 is 65.7 Å². The number of thioether (sulfide) groups is 1. The van der Waals surface area contributed by atoms with Gasteiger partial charge in [-0.25, -0.2) is 27.2 Å². The Bertz CT molecular complexity index is 1660. The molecule has 4 aromatic heterocycles. The number of methoxy groups -OCH3 is 1. The van der Waals surface area contributed by atoms with Crippen LogP contribution in [-0.2, 0) is 14.8 Å². The quantitative estimate of drug-likeness (QED) is 0.172. The fourth-order valence-electron chi connectivity index (χ4n) is 3.15. The van der Waals surface area contributed by atoms with Crippen LogP contribution in [0.2, 0.25) is 10.0 Å². The van der Waals surface area contributed by atoms with E-state index >= 15 is 0 Å². The number of fused-ring (bicyclic) bond motifs is 2. The van der Waals surface area contributed by atoms with Gasteiger partial charge in [-0.05, 0) is 29.8 Å². The molecule has 4 heterocycles. The Morgan fingerprint density at radius 3 is 2.06 bits per heavy atom.